The van der Waals surface area contributed by atoms with Crippen molar-refractivity contribution in [1.82, 2.24) is 20.1 Å². The van der Waals surface area contributed by atoms with Crippen molar-refractivity contribution in [3.63, 3.8) is 0 Å². The standard InChI is InChI=1S/C14H21N5O2/c15-4-6-18-7-9-19(10-8-18)14(21)13(20)17-11-12-3-1-2-5-16-12/h1-3,5H,4,6-11,15H2,(H,17,20). The molecule has 1 aliphatic heterocycles. The van der Waals surface area contributed by atoms with Crippen LogP contribution in [-0.4, -0.2) is 65.9 Å². The minimum Gasteiger partial charge on any atom is -0.342 e. The predicted molar refractivity (Wildman–Crippen MR) is 78.2 cm³/mol. The number of pyridine rings is 1. The third kappa shape index (κ3) is 4.51. The Balaban J connectivity index is 1.76. The van der Waals surface area contributed by atoms with Gasteiger partial charge < -0.3 is 16.0 Å². The van der Waals surface area contributed by atoms with Crippen molar-refractivity contribution < 1.29 is 9.59 Å². The van der Waals surface area contributed by atoms with Crippen LogP contribution in [0.15, 0.2) is 24.4 Å². The van der Waals surface area contributed by atoms with Crippen LogP contribution in [0.1, 0.15) is 5.69 Å². The number of hydrogen-bond donors (Lipinski definition) is 2. The van der Waals surface area contributed by atoms with Crippen LogP contribution in [0, 0.1) is 0 Å². The lowest BCUT2D eigenvalue weighted by Gasteiger charge is -2.34. The minimum absolute atomic E-state index is 0.262. The van der Waals surface area contributed by atoms with Crippen LogP contribution >= 0.6 is 0 Å². The number of nitrogens with one attached hydrogen (secondary N) is 1. The van der Waals surface area contributed by atoms with Gasteiger partial charge in [-0.05, 0) is 12.1 Å². The molecule has 2 amide bonds. The molecule has 0 bridgehead atoms. The van der Waals surface area contributed by atoms with E-state index in [1.54, 1.807) is 23.2 Å². The summed E-state index contributed by atoms with van der Waals surface area (Å²) in [6.45, 7) is 4.35. The molecule has 7 nitrogen and oxygen atoms in total. The summed E-state index contributed by atoms with van der Waals surface area (Å²) >= 11 is 0. The number of nitrogens with two attached hydrogens (primary N) is 1. The fraction of sp³-hybridized carbons (Fsp3) is 0.500. The first kappa shape index (κ1) is 15.4. The molecule has 1 aliphatic rings. The van der Waals surface area contributed by atoms with Gasteiger partial charge in [0, 0.05) is 45.5 Å². The number of nitrogens with zero attached hydrogens (tertiary/aromatic N) is 3. The monoisotopic (exact) mass is 291 g/mol. The average molecular weight is 291 g/mol. The molecule has 3 N–H and O–H groups in total. The van der Waals surface area contributed by atoms with Crippen molar-refractivity contribution in [3.05, 3.63) is 30.1 Å². The Morgan fingerprint density at radius 3 is 2.62 bits per heavy atom. The van der Waals surface area contributed by atoms with Crippen molar-refractivity contribution in [2.45, 2.75) is 6.54 Å². The SMILES string of the molecule is NCCN1CCN(C(=O)C(=O)NCc2ccccn2)CC1. The maximum Gasteiger partial charge on any atom is 0.311 e. The Kier molecular flexibility index (Phi) is 5.65. The quantitative estimate of drug-likeness (QED) is 0.680. The molecule has 0 saturated carbocycles. The first-order valence-electron chi connectivity index (χ1n) is 7.10. The van der Waals surface area contributed by atoms with E-state index in [0.29, 0.717) is 19.6 Å². The summed E-state index contributed by atoms with van der Waals surface area (Å²) in [4.78, 5) is 31.8. The number of rotatable bonds is 4. The third-order valence-corrected chi connectivity index (χ3v) is 3.46. The maximum absolute atomic E-state index is 12.0. The van der Waals surface area contributed by atoms with Crippen LogP contribution in [-0.2, 0) is 16.1 Å². The Bertz CT molecular complexity index is 472. The number of hydrogen-bond acceptors (Lipinski definition) is 5. The van der Waals surface area contributed by atoms with Crippen LogP contribution < -0.4 is 11.1 Å². The molecule has 21 heavy (non-hydrogen) atoms. The van der Waals surface area contributed by atoms with E-state index < -0.39 is 11.8 Å². The van der Waals surface area contributed by atoms with E-state index in [4.69, 9.17) is 5.73 Å². The van der Waals surface area contributed by atoms with Gasteiger partial charge in [0.25, 0.3) is 0 Å². The van der Waals surface area contributed by atoms with Gasteiger partial charge >= 0.3 is 11.8 Å². The van der Waals surface area contributed by atoms with Gasteiger partial charge in [-0.2, -0.15) is 0 Å². The zero-order valence-electron chi connectivity index (χ0n) is 12.0. The molecule has 0 spiro atoms. The highest BCUT2D eigenvalue weighted by Crippen LogP contribution is 2.02. The lowest BCUT2D eigenvalue weighted by Crippen LogP contribution is -2.53. The van der Waals surface area contributed by atoms with Gasteiger partial charge in [0.2, 0.25) is 0 Å². The van der Waals surface area contributed by atoms with E-state index >= 15 is 0 Å². The highest BCUT2D eigenvalue weighted by molar-refractivity contribution is 6.34. The number of piperazine rings is 1. The largest absolute Gasteiger partial charge is 0.342 e. The molecular formula is C14H21N5O2. The summed E-state index contributed by atoms with van der Waals surface area (Å²) in [5.74, 6) is -1.05. The van der Waals surface area contributed by atoms with Gasteiger partial charge in [-0.3, -0.25) is 19.5 Å². The fourth-order valence-electron chi connectivity index (χ4n) is 2.25. The van der Waals surface area contributed by atoms with Crippen molar-refractivity contribution in [2.24, 2.45) is 5.73 Å². The van der Waals surface area contributed by atoms with Gasteiger partial charge in [0.05, 0.1) is 12.2 Å². The molecule has 2 heterocycles. The topological polar surface area (TPSA) is 91.6 Å². The summed E-state index contributed by atoms with van der Waals surface area (Å²) in [6, 6.07) is 5.45. The molecule has 1 aromatic heterocycles. The van der Waals surface area contributed by atoms with Gasteiger partial charge in [0.15, 0.2) is 0 Å². The van der Waals surface area contributed by atoms with E-state index in [9.17, 15) is 9.59 Å². The van der Waals surface area contributed by atoms with Gasteiger partial charge in [-0.1, -0.05) is 6.07 Å². The fourth-order valence-corrected chi connectivity index (χ4v) is 2.25. The summed E-state index contributed by atoms with van der Waals surface area (Å²) < 4.78 is 0. The van der Waals surface area contributed by atoms with Crippen molar-refractivity contribution >= 4 is 11.8 Å². The maximum atomic E-state index is 12.0. The van der Waals surface area contributed by atoms with Crippen LogP contribution in [0.2, 0.25) is 0 Å². The molecule has 2 rings (SSSR count). The second-order valence-corrected chi connectivity index (χ2v) is 4.93. The number of carbonyl (C=O) groups is 2. The smallest absolute Gasteiger partial charge is 0.311 e. The van der Waals surface area contributed by atoms with E-state index in [2.05, 4.69) is 15.2 Å². The molecule has 1 fully saturated rings. The van der Waals surface area contributed by atoms with Crippen LogP contribution in [0.5, 0.6) is 0 Å². The first-order chi connectivity index (χ1) is 10.2. The molecule has 0 atom stereocenters. The first-order valence-corrected chi connectivity index (χ1v) is 7.10. The lowest BCUT2D eigenvalue weighted by molar-refractivity contribution is -0.147. The molecule has 0 aliphatic carbocycles. The summed E-state index contributed by atoms with van der Waals surface area (Å²) in [5.41, 5.74) is 6.23. The van der Waals surface area contributed by atoms with Crippen LogP contribution in [0.4, 0.5) is 0 Å². The Morgan fingerprint density at radius 1 is 1.24 bits per heavy atom. The molecule has 1 aromatic rings. The number of aromatic nitrogens is 1. The molecule has 114 valence electrons. The minimum atomic E-state index is -0.576. The van der Waals surface area contributed by atoms with E-state index in [0.717, 1.165) is 25.3 Å². The lowest BCUT2D eigenvalue weighted by atomic mass is 10.3. The molecular weight excluding hydrogens is 270 g/mol. The van der Waals surface area contributed by atoms with E-state index in [-0.39, 0.29) is 6.54 Å². The molecule has 0 aromatic carbocycles. The van der Waals surface area contributed by atoms with Gasteiger partial charge in [0.1, 0.15) is 0 Å². The zero-order chi connectivity index (χ0) is 15.1. The number of amides is 2. The summed E-state index contributed by atoms with van der Waals surface area (Å²) in [6.07, 6.45) is 1.65. The number of carbonyl (C=O) groups excluding carboxylic acids is 2. The molecule has 1 saturated heterocycles. The van der Waals surface area contributed by atoms with E-state index in [1.807, 2.05) is 6.07 Å². The molecule has 0 radical (unpaired) electrons. The Morgan fingerprint density at radius 2 is 2.00 bits per heavy atom. The highest BCUT2D eigenvalue weighted by Gasteiger charge is 2.25. The second-order valence-electron chi connectivity index (χ2n) is 4.93. The highest BCUT2D eigenvalue weighted by atomic mass is 16.2. The normalized spacial score (nSPS) is 15.8. The summed E-state index contributed by atoms with van der Waals surface area (Å²) in [7, 11) is 0. The summed E-state index contributed by atoms with van der Waals surface area (Å²) in [5, 5.41) is 2.61. The van der Waals surface area contributed by atoms with Crippen LogP contribution in [0.3, 0.4) is 0 Å². The Hall–Kier alpha value is -1.99. The van der Waals surface area contributed by atoms with E-state index in [1.165, 1.54) is 0 Å². The zero-order valence-corrected chi connectivity index (χ0v) is 12.0. The van der Waals surface area contributed by atoms with Crippen molar-refractivity contribution in [2.75, 3.05) is 39.3 Å². The van der Waals surface area contributed by atoms with Gasteiger partial charge in [-0.15, -0.1) is 0 Å². The van der Waals surface area contributed by atoms with Crippen molar-refractivity contribution in [3.8, 4) is 0 Å². The Labute approximate surface area is 124 Å². The van der Waals surface area contributed by atoms with Crippen molar-refractivity contribution in [1.29, 1.82) is 0 Å². The predicted octanol–water partition coefficient (Wildman–Crippen LogP) is -1.20. The van der Waals surface area contributed by atoms with Gasteiger partial charge in [-0.25, -0.2) is 0 Å². The van der Waals surface area contributed by atoms with Crippen LogP contribution in [0.25, 0.3) is 0 Å². The average Bonchev–Trinajstić information content (AvgIpc) is 2.54. The third-order valence-electron chi connectivity index (χ3n) is 3.46. The molecule has 7 heteroatoms. The molecule has 0 unspecified atom stereocenters. The second kappa shape index (κ2) is 7.70.